The Morgan fingerprint density at radius 1 is 1.38 bits per heavy atom. The lowest BCUT2D eigenvalue weighted by Gasteiger charge is -2.05. The largest absolute Gasteiger partial charge is 0.304 e. The molecule has 3 aromatic rings. The second-order valence-electron chi connectivity index (χ2n) is 5.40. The minimum atomic E-state index is -0.401. The molecule has 24 heavy (non-hydrogen) atoms. The molecule has 0 fully saturated rings. The molecule has 1 N–H and O–H groups in total. The van der Waals surface area contributed by atoms with Crippen molar-refractivity contribution in [2.24, 2.45) is 7.05 Å². The van der Waals surface area contributed by atoms with E-state index in [2.05, 4.69) is 20.6 Å². The Labute approximate surface area is 138 Å². The summed E-state index contributed by atoms with van der Waals surface area (Å²) in [5.74, 6) is -0.0576. The molecule has 0 radical (unpaired) electrons. The highest BCUT2D eigenvalue weighted by atomic mass is 16.2. The van der Waals surface area contributed by atoms with E-state index in [9.17, 15) is 4.79 Å². The SMILES string of the molecule is Cc1cc(C)n(Cn2ccc(C(=O)Nc3c(C#N)cnn3C)n2)n1. The molecule has 0 aliphatic heterocycles. The van der Waals surface area contributed by atoms with Crippen molar-refractivity contribution in [3.05, 3.63) is 47.2 Å². The Kier molecular flexibility index (Phi) is 3.87. The number of aryl methyl sites for hydroxylation is 3. The van der Waals surface area contributed by atoms with Crippen LogP contribution in [0.5, 0.6) is 0 Å². The van der Waals surface area contributed by atoms with Crippen molar-refractivity contribution in [2.75, 3.05) is 5.32 Å². The summed E-state index contributed by atoms with van der Waals surface area (Å²) in [4.78, 5) is 12.3. The number of carbonyl (C=O) groups is 1. The first-order valence-corrected chi connectivity index (χ1v) is 7.26. The van der Waals surface area contributed by atoms with Crippen molar-refractivity contribution < 1.29 is 4.79 Å². The Balaban J connectivity index is 1.75. The number of nitriles is 1. The maximum Gasteiger partial charge on any atom is 0.277 e. The highest BCUT2D eigenvalue weighted by Crippen LogP contribution is 2.13. The second-order valence-corrected chi connectivity index (χ2v) is 5.40. The van der Waals surface area contributed by atoms with Crippen LogP contribution >= 0.6 is 0 Å². The van der Waals surface area contributed by atoms with Crippen LogP contribution in [0.25, 0.3) is 0 Å². The molecule has 3 heterocycles. The van der Waals surface area contributed by atoms with Gasteiger partial charge < -0.3 is 5.32 Å². The van der Waals surface area contributed by atoms with E-state index in [1.807, 2.05) is 26.0 Å². The van der Waals surface area contributed by atoms with E-state index in [0.29, 0.717) is 18.1 Å². The lowest BCUT2D eigenvalue weighted by molar-refractivity contribution is 0.102. The van der Waals surface area contributed by atoms with Gasteiger partial charge in [-0.1, -0.05) is 0 Å². The van der Waals surface area contributed by atoms with E-state index in [4.69, 9.17) is 5.26 Å². The normalized spacial score (nSPS) is 10.6. The zero-order valence-electron chi connectivity index (χ0n) is 13.6. The summed E-state index contributed by atoms with van der Waals surface area (Å²) in [5, 5.41) is 24.3. The van der Waals surface area contributed by atoms with Gasteiger partial charge in [-0.2, -0.15) is 20.6 Å². The Morgan fingerprint density at radius 2 is 2.17 bits per heavy atom. The van der Waals surface area contributed by atoms with Crippen LogP contribution in [0.3, 0.4) is 0 Å². The van der Waals surface area contributed by atoms with Crippen molar-refractivity contribution in [3.8, 4) is 6.07 Å². The number of nitrogens with one attached hydrogen (secondary N) is 1. The lowest BCUT2D eigenvalue weighted by atomic mass is 10.3. The monoisotopic (exact) mass is 324 g/mol. The van der Waals surface area contributed by atoms with Crippen molar-refractivity contribution >= 4 is 11.7 Å². The van der Waals surface area contributed by atoms with Crippen LogP contribution in [-0.4, -0.2) is 35.2 Å². The molecule has 0 aliphatic rings. The van der Waals surface area contributed by atoms with Crippen LogP contribution in [0.1, 0.15) is 27.4 Å². The van der Waals surface area contributed by atoms with Gasteiger partial charge in [-0.05, 0) is 26.0 Å². The molecule has 0 saturated heterocycles. The smallest absolute Gasteiger partial charge is 0.277 e. The minimum Gasteiger partial charge on any atom is -0.304 e. The number of anilines is 1. The predicted molar refractivity (Wildman–Crippen MR) is 85.2 cm³/mol. The van der Waals surface area contributed by atoms with Gasteiger partial charge in [-0.15, -0.1) is 0 Å². The van der Waals surface area contributed by atoms with Crippen LogP contribution in [0.4, 0.5) is 5.82 Å². The maximum atomic E-state index is 12.3. The van der Waals surface area contributed by atoms with E-state index in [1.165, 1.54) is 10.9 Å². The summed E-state index contributed by atoms with van der Waals surface area (Å²) in [6.45, 7) is 4.30. The molecule has 3 rings (SSSR count). The molecule has 0 aliphatic carbocycles. The van der Waals surface area contributed by atoms with Gasteiger partial charge >= 0.3 is 0 Å². The summed E-state index contributed by atoms with van der Waals surface area (Å²) in [7, 11) is 1.65. The number of hydrogen-bond acceptors (Lipinski definition) is 5. The molecule has 9 nitrogen and oxygen atoms in total. The van der Waals surface area contributed by atoms with Crippen LogP contribution in [-0.2, 0) is 13.7 Å². The summed E-state index contributed by atoms with van der Waals surface area (Å²) < 4.78 is 4.87. The fourth-order valence-corrected chi connectivity index (χ4v) is 2.36. The number of nitrogens with zero attached hydrogens (tertiary/aromatic N) is 7. The third-order valence-corrected chi connectivity index (χ3v) is 3.55. The van der Waals surface area contributed by atoms with Gasteiger partial charge in [0.05, 0.1) is 11.9 Å². The van der Waals surface area contributed by atoms with Gasteiger partial charge in [-0.25, -0.2) is 4.68 Å². The topological polar surface area (TPSA) is 106 Å². The number of rotatable bonds is 4. The molecular formula is C15H16N8O. The zero-order valence-corrected chi connectivity index (χ0v) is 13.6. The van der Waals surface area contributed by atoms with Gasteiger partial charge in [0, 0.05) is 18.9 Å². The van der Waals surface area contributed by atoms with Gasteiger partial charge in [0.25, 0.3) is 5.91 Å². The van der Waals surface area contributed by atoms with Gasteiger partial charge in [0.1, 0.15) is 24.1 Å². The Bertz CT molecular complexity index is 939. The molecule has 0 saturated carbocycles. The molecule has 0 atom stereocenters. The highest BCUT2D eigenvalue weighted by molar-refractivity contribution is 6.02. The molecule has 0 spiro atoms. The standard InChI is InChI=1S/C15H16N8O/c1-10-6-11(2)23(19-10)9-22-5-4-13(20-22)15(24)18-14-12(7-16)8-17-21(14)3/h4-6,8H,9H2,1-3H3,(H,18,24). The van der Waals surface area contributed by atoms with Crippen molar-refractivity contribution in [3.63, 3.8) is 0 Å². The van der Waals surface area contributed by atoms with Gasteiger partial charge in [0.2, 0.25) is 0 Å². The van der Waals surface area contributed by atoms with Crippen LogP contribution in [0.15, 0.2) is 24.5 Å². The summed E-state index contributed by atoms with van der Waals surface area (Å²) >= 11 is 0. The van der Waals surface area contributed by atoms with E-state index in [-0.39, 0.29) is 5.69 Å². The first-order chi connectivity index (χ1) is 11.5. The average Bonchev–Trinajstić information content (AvgIpc) is 3.22. The summed E-state index contributed by atoms with van der Waals surface area (Å²) in [6, 6.07) is 5.57. The van der Waals surface area contributed by atoms with E-state index < -0.39 is 5.91 Å². The van der Waals surface area contributed by atoms with Crippen molar-refractivity contribution in [2.45, 2.75) is 20.5 Å². The third-order valence-electron chi connectivity index (χ3n) is 3.55. The second kappa shape index (κ2) is 6.00. The van der Waals surface area contributed by atoms with E-state index in [1.54, 1.807) is 28.7 Å². The first-order valence-electron chi connectivity index (χ1n) is 7.26. The fraction of sp³-hybridized carbons (Fsp3) is 0.267. The molecule has 9 heteroatoms. The molecule has 0 unspecified atom stereocenters. The molecule has 0 aromatic carbocycles. The average molecular weight is 324 g/mol. The predicted octanol–water partition coefficient (Wildman–Crippen LogP) is 1.06. The van der Waals surface area contributed by atoms with Crippen molar-refractivity contribution in [1.29, 1.82) is 5.26 Å². The molecule has 1 amide bonds. The zero-order chi connectivity index (χ0) is 17.3. The third kappa shape index (κ3) is 2.89. The fourth-order valence-electron chi connectivity index (χ4n) is 2.36. The summed E-state index contributed by atoms with van der Waals surface area (Å²) in [6.07, 6.45) is 3.11. The quantitative estimate of drug-likeness (QED) is 0.772. The van der Waals surface area contributed by atoms with Crippen molar-refractivity contribution in [1.82, 2.24) is 29.3 Å². The summed E-state index contributed by atoms with van der Waals surface area (Å²) in [5.41, 5.74) is 2.50. The number of aromatic nitrogens is 6. The van der Waals surface area contributed by atoms with E-state index >= 15 is 0 Å². The number of amides is 1. The van der Waals surface area contributed by atoms with Crippen LogP contribution in [0.2, 0.25) is 0 Å². The lowest BCUT2D eigenvalue weighted by Crippen LogP contribution is -2.17. The maximum absolute atomic E-state index is 12.3. The molecular weight excluding hydrogens is 308 g/mol. The van der Waals surface area contributed by atoms with Gasteiger partial charge in [0.15, 0.2) is 5.69 Å². The Hall–Kier alpha value is -3.41. The molecule has 3 aromatic heterocycles. The van der Waals surface area contributed by atoms with Gasteiger partial charge in [-0.3, -0.25) is 14.2 Å². The minimum absolute atomic E-state index is 0.252. The molecule has 0 bridgehead atoms. The van der Waals surface area contributed by atoms with E-state index in [0.717, 1.165) is 11.4 Å². The number of carbonyl (C=O) groups excluding carboxylic acids is 1. The first kappa shape index (κ1) is 15.5. The van der Waals surface area contributed by atoms with Crippen LogP contribution < -0.4 is 5.32 Å². The number of hydrogen-bond donors (Lipinski definition) is 1. The molecule has 122 valence electrons. The van der Waals surface area contributed by atoms with Crippen LogP contribution in [0, 0.1) is 25.2 Å². The Morgan fingerprint density at radius 3 is 2.83 bits per heavy atom. The highest BCUT2D eigenvalue weighted by Gasteiger charge is 2.15.